The highest BCUT2D eigenvalue weighted by Gasteiger charge is 2.19. The normalized spacial score (nSPS) is 17.5. The van der Waals surface area contributed by atoms with E-state index < -0.39 is 0 Å². The summed E-state index contributed by atoms with van der Waals surface area (Å²) in [5.41, 5.74) is 1.14. The van der Waals surface area contributed by atoms with Crippen LogP contribution in [0.3, 0.4) is 0 Å². The predicted octanol–water partition coefficient (Wildman–Crippen LogP) is 2.01. The number of carbonyl (C=O) groups is 1. The lowest BCUT2D eigenvalue weighted by atomic mass is 9.99. The topological polar surface area (TPSA) is 59.0 Å². The first kappa shape index (κ1) is 13.2. The van der Waals surface area contributed by atoms with E-state index in [0.29, 0.717) is 19.0 Å². The number of imidazole rings is 1. The van der Waals surface area contributed by atoms with E-state index >= 15 is 0 Å². The van der Waals surface area contributed by atoms with Gasteiger partial charge in [0.1, 0.15) is 5.82 Å². The van der Waals surface area contributed by atoms with Gasteiger partial charge in [-0.15, -0.1) is 0 Å². The number of carbonyl (C=O) groups excluding carboxylic acids is 1. The molecule has 0 fully saturated rings. The van der Waals surface area contributed by atoms with Gasteiger partial charge in [0.05, 0.1) is 0 Å². The summed E-state index contributed by atoms with van der Waals surface area (Å²) in [5.74, 6) is 1.65. The number of amides is 2. The molecule has 0 bridgehead atoms. The molecule has 6 heteroatoms. The molecule has 0 radical (unpaired) electrons. The van der Waals surface area contributed by atoms with Crippen LogP contribution in [-0.2, 0) is 19.5 Å². The Balaban J connectivity index is 1.40. The van der Waals surface area contributed by atoms with Crippen LogP contribution in [0.4, 0.5) is 4.79 Å². The Morgan fingerprint density at radius 1 is 1.50 bits per heavy atom. The van der Waals surface area contributed by atoms with E-state index in [2.05, 4.69) is 20.2 Å². The smallest absolute Gasteiger partial charge is 0.315 e. The molecule has 106 valence electrons. The van der Waals surface area contributed by atoms with Crippen molar-refractivity contribution in [2.24, 2.45) is 5.92 Å². The summed E-state index contributed by atoms with van der Waals surface area (Å²) >= 11 is 1.64. The van der Waals surface area contributed by atoms with Gasteiger partial charge >= 0.3 is 6.03 Å². The zero-order valence-corrected chi connectivity index (χ0v) is 12.0. The molecule has 2 amide bonds. The highest BCUT2D eigenvalue weighted by atomic mass is 32.1. The zero-order chi connectivity index (χ0) is 13.8. The van der Waals surface area contributed by atoms with Crippen LogP contribution in [0.25, 0.3) is 0 Å². The Hall–Kier alpha value is -1.82. The lowest BCUT2D eigenvalue weighted by Crippen LogP contribution is -2.39. The summed E-state index contributed by atoms with van der Waals surface area (Å²) in [6.45, 7) is 2.25. The first-order valence-corrected chi connectivity index (χ1v) is 7.78. The Kier molecular flexibility index (Phi) is 4.01. The second-order valence-corrected chi connectivity index (χ2v) is 5.88. The van der Waals surface area contributed by atoms with E-state index in [1.165, 1.54) is 0 Å². The van der Waals surface area contributed by atoms with Crippen LogP contribution < -0.4 is 10.6 Å². The molecule has 0 aliphatic carbocycles. The molecule has 1 unspecified atom stereocenters. The van der Waals surface area contributed by atoms with Crippen LogP contribution in [0, 0.1) is 5.92 Å². The molecule has 20 heavy (non-hydrogen) atoms. The highest BCUT2D eigenvalue weighted by molar-refractivity contribution is 7.07. The van der Waals surface area contributed by atoms with Crippen molar-refractivity contribution in [1.82, 2.24) is 20.2 Å². The van der Waals surface area contributed by atoms with Gasteiger partial charge in [-0.05, 0) is 34.7 Å². The molecule has 5 nitrogen and oxygen atoms in total. The summed E-state index contributed by atoms with van der Waals surface area (Å²) in [5, 5.41) is 9.89. The molecule has 1 aliphatic rings. The van der Waals surface area contributed by atoms with Crippen molar-refractivity contribution >= 4 is 17.4 Å². The number of rotatable bonds is 4. The number of nitrogens with zero attached hydrogens (tertiary/aromatic N) is 2. The number of fused-ring (bicyclic) bond motifs is 1. The van der Waals surface area contributed by atoms with Gasteiger partial charge in [-0.3, -0.25) is 0 Å². The van der Waals surface area contributed by atoms with Crippen LogP contribution in [0.1, 0.15) is 17.8 Å². The monoisotopic (exact) mass is 290 g/mol. The number of thiophene rings is 1. The highest BCUT2D eigenvalue weighted by Crippen LogP contribution is 2.17. The van der Waals surface area contributed by atoms with Crippen LogP contribution in [0.5, 0.6) is 0 Å². The second kappa shape index (κ2) is 6.09. The Labute approximate surface area is 122 Å². The number of hydrogen-bond donors (Lipinski definition) is 2. The van der Waals surface area contributed by atoms with Gasteiger partial charge in [-0.2, -0.15) is 11.3 Å². The van der Waals surface area contributed by atoms with Crippen LogP contribution >= 0.6 is 11.3 Å². The molecule has 2 aromatic rings. The quantitative estimate of drug-likeness (QED) is 0.905. The van der Waals surface area contributed by atoms with Gasteiger partial charge in [-0.25, -0.2) is 9.78 Å². The number of aryl methyl sites for hydroxylation is 1. The van der Waals surface area contributed by atoms with Crippen molar-refractivity contribution < 1.29 is 4.79 Å². The van der Waals surface area contributed by atoms with Crippen molar-refractivity contribution in [2.75, 3.05) is 6.54 Å². The van der Waals surface area contributed by atoms with Gasteiger partial charge in [-0.1, -0.05) is 0 Å². The lowest BCUT2D eigenvalue weighted by molar-refractivity contribution is 0.236. The fourth-order valence-electron chi connectivity index (χ4n) is 2.48. The molecular formula is C14H18N4OS. The Morgan fingerprint density at radius 3 is 3.30 bits per heavy atom. The fraction of sp³-hybridized carbons (Fsp3) is 0.429. The minimum Gasteiger partial charge on any atom is -0.338 e. The summed E-state index contributed by atoms with van der Waals surface area (Å²) in [6.07, 6.45) is 5.94. The maximum atomic E-state index is 11.7. The van der Waals surface area contributed by atoms with Gasteiger partial charge in [0.15, 0.2) is 0 Å². The van der Waals surface area contributed by atoms with Gasteiger partial charge < -0.3 is 15.2 Å². The number of nitrogens with one attached hydrogen (secondary N) is 2. The molecular weight excluding hydrogens is 272 g/mol. The van der Waals surface area contributed by atoms with Crippen LogP contribution in [0.15, 0.2) is 29.2 Å². The Bertz CT molecular complexity index is 564. The summed E-state index contributed by atoms with van der Waals surface area (Å²) in [6, 6.07) is 1.93. The van der Waals surface area contributed by atoms with E-state index in [0.717, 1.165) is 30.8 Å². The van der Waals surface area contributed by atoms with Gasteiger partial charge in [0, 0.05) is 38.4 Å². The van der Waals surface area contributed by atoms with E-state index in [-0.39, 0.29) is 6.03 Å². The number of urea groups is 1. The lowest BCUT2D eigenvalue weighted by Gasteiger charge is -2.23. The standard InChI is InChI=1S/C14H18N4OS/c19-14(17-8-12-3-6-20-10-12)16-7-11-1-2-13-15-4-5-18(13)9-11/h3-6,10-11H,1-2,7-9H2,(H2,16,17,19). The molecule has 0 aromatic carbocycles. The maximum Gasteiger partial charge on any atom is 0.315 e. The van der Waals surface area contributed by atoms with Gasteiger partial charge in [0.2, 0.25) is 0 Å². The fourth-order valence-corrected chi connectivity index (χ4v) is 3.15. The molecule has 0 saturated carbocycles. The molecule has 0 spiro atoms. The molecule has 3 rings (SSSR count). The molecule has 1 aliphatic heterocycles. The number of aromatic nitrogens is 2. The van der Waals surface area contributed by atoms with E-state index in [1.807, 2.05) is 29.2 Å². The van der Waals surface area contributed by atoms with Crippen molar-refractivity contribution in [3.05, 3.63) is 40.6 Å². The third-order valence-corrected chi connectivity index (χ3v) is 4.35. The summed E-state index contributed by atoms with van der Waals surface area (Å²) in [7, 11) is 0. The van der Waals surface area contributed by atoms with E-state index in [4.69, 9.17) is 0 Å². The van der Waals surface area contributed by atoms with Crippen LogP contribution in [0.2, 0.25) is 0 Å². The first-order chi connectivity index (χ1) is 9.81. The number of hydrogen-bond acceptors (Lipinski definition) is 3. The minimum atomic E-state index is -0.0902. The predicted molar refractivity (Wildman–Crippen MR) is 78.6 cm³/mol. The molecule has 2 aromatic heterocycles. The third-order valence-electron chi connectivity index (χ3n) is 3.62. The zero-order valence-electron chi connectivity index (χ0n) is 11.2. The molecule has 3 heterocycles. The third kappa shape index (κ3) is 3.19. The summed E-state index contributed by atoms with van der Waals surface area (Å²) in [4.78, 5) is 16.0. The average Bonchev–Trinajstić information content (AvgIpc) is 3.13. The van der Waals surface area contributed by atoms with E-state index in [1.54, 1.807) is 11.3 Å². The van der Waals surface area contributed by atoms with Crippen molar-refractivity contribution in [3.8, 4) is 0 Å². The summed E-state index contributed by atoms with van der Waals surface area (Å²) < 4.78 is 2.18. The SMILES string of the molecule is O=C(NCc1ccsc1)NCC1CCc2nccn2C1. The van der Waals surface area contributed by atoms with Crippen molar-refractivity contribution in [3.63, 3.8) is 0 Å². The Morgan fingerprint density at radius 2 is 2.45 bits per heavy atom. The average molecular weight is 290 g/mol. The molecule has 2 N–H and O–H groups in total. The first-order valence-electron chi connectivity index (χ1n) is 6.84. The largest absolute Gasteiger partial charge is 0.338 e. The second-order valence-electron chi connectivity index (χ2n) is 5.10. The van der Waals surface area contributed by atoms with Crippen molar-refractivity contribution in [1.29, 1.82) is 0 Å². The van der Waals surface area contributed by atoms with Crippen molar-refractivity contribution in [2.45, 2.75) is 25.9 Å². The molecule has 0 saturated heterocycles. The van der Waals surface area contributed by atoms with Gasteiger partial charge in [0.25, 0.3) is 0 Å². The van der Waals surface area contributed by atoms with Crippen LogP contribution in [-0.4, -0.2) is 22.1 Å². The molecule has 1 atom stereocenters. The maximum absolute atomic E-state index is 11.7. The van der Waals surface area contributed by atoms with E-state index in [9.17, 15) is 4.79 Å². The minimum absolute atomic E-state index is 0.0902.